The minimum atomic E-state index is -0.359. The zero-order valence-corrected chi connectivity index (χ0v) is 15.5. The summed E-state index contributed by atoms with van der Waals surface area (Å²) in [5.41, 5.74) is 1.85. The molecule has 1 aliphatic carbocycles. The first-order valence-corrected chi connectivity index (χ1v) is 9.27. The van der Waals surface area contributed by atoms with E-state index in [1.165, 1.54) is 38.4 Å². The number of amides is 1. The van der Waals surface area contributed by atoms with E-state index in [0.29, 0.717) is 12.5 Å². The molecule has 1 aromatic rings. The van der Waals surface area contributed by atoms with Gasteiger partial charge in [0.05, 0.1) is 13.2 Å². The number of hydrogen-bond acceptors (Lipinski definition) is 4. The predicted molar refractivity (Wildman–Crippen MR) is 104 cm³/mol. The van der Waals surface area contributed by atoms with Crippen LogP contribution in [0.25, 0.3) is 0 Å². The van der Waals surface area contributed by atoms with Crippen LogP contribution in [0.3, 0.4) is 0 Å². The van der Waals surface area contributed by atoms with E-state index in [0.717, 1.165) is 23.6 Å². The Labute approximate surface area is 154 Å². The molecule has 1 amide bonds. The van der Waals surface area contributed by atoms with Crippen LogP contribution in [0.15, 0.2) is 39.5 Å². The van der Waals surface area contributed by atoms with Gasteiger partial charge in [-0.3, -0.25) is 4.79 Å². The van der Waals surface area contributed by atoms with Crippen LogP contribution in [-0.2, 0) is 11.3 Å². The van der Waals surface area contributed by atoms with Gasteiger partial charge in [0.15, 0.2) is 0 Å². The molecule has 0 spiro atoms. The van der Waals surface area contributed by atoms with Gasteiger partial charge in [-0.2, -0.15) is 10.1 Å². The molecule has 1 aromatic carbocycles. The molecule has 3 rings (SSSR count). The number of benzene rings is 1. The molecule has 138 valence electrons. The molecule has 1 heterocycles. The summed E-state index contributed by atoms with van der Waals surface area (Å²) in [4.78, 5) is 17.3. The van der Waals surface area contributed by atoms with Crippen LogP contribution in [0.1, 0.15) is 51.5 Å². The number of rotatable bonds is 6. The summed E-state index contributed by atoms with van der Waals surface area (Å²) < 4.78 is 5.94. The van der Waals surface area contributed by atoms with Crippen molar-refractivity contribution in [1.82, 2.24) is 4.90 Å². The quantitative estimate of drug-likeness (QED) is 0.576. The third-order valence-electron chi connectivity index (χ3n) is 4.61. The number of ether oxygens (including phenoxy) is 1. The standard InChI is InChI=1S/C20H26N4O2/c1-15(2)22-23-19-20(25)21-14-24(19)12-16-8-10-18(11-9-16)26-13-17-6-4-3-5-7-17/h8-11,14,17H,3-7,12-13H2,1-2H3. The Balaban J connectivity index is 1.56. The third kappa shape index (κ3) is 5.00. The lowest BCUT2D eigenvalue weighted by Crippen LogP contribution is -2.28. The van der Waals surface area contributed by atoms with Crippen LogP contribution >= 0.6 is 0 Å². The van der Waals surface area contributed by atoms with E-state index in [4.69, 9.17) is 4.74 Å². The fourth-order valence-electron chi connectivity index (χ4n) is 3.18. The third-order valence-corrected chi connectivity index (χ3v) is 4.61. The number of nitrogens with zero attached hydrogens (tertiary/aromatic N) is 4. The second-order valence-electron chi connectivity index (χ2n) is 7.11. The second-order valence-corrected chi connectivity index (χ2v) is 7.11. The highest BCUT2D eigenvalue weighted by atomic mass is 16.5. The van der Waals surface area contributed by atoms with E-state index < -0.39 is 0 Å². The highest BCUT2D eigenvalue weighted by Gasteiger charge is 2.24. The van der Waals surface area contributed by atoms with Crippen molar-refractivity contribution in [2.24, 2.45) is 21.1 Å². The summed E-state index contributed by atoms with van der Waals surface area (Å²) in [6.45, 7) is 4.99. The molecule has 0 atom stereocenters. The van der Waals surface area contributed by atoms with Crippen molar-refractivity contribution < 1.29 is 9.53 Å². The van der Waals surface area contributed by atoms with E-state index in [1.807, 2.05) is 38.1 Å². The molecule has 0 aromatic heterocycles. The van der Waals surface area contributed by atoms with E-state index in [1.54, 1.807) is 4.90 Å². The summed E-state index contributed by atoms with van der Waals surface area (Å²) >= 11 is 0. The molecule has 0 N–H and O–H groups in total. The van der Waals surface area contributed by atoms with Crippen LogP contribution in [0.4, 0.5) is 0 Å². The molecule has 1 fully saturated rings. The van der Waals surface area contributed by atoms with Gasteiger partial charge in [0, 0.05) is 5.71 Å². The van der Waals surface area contributed by atoms with Gasteiger partial charge in [-0.15, -0.1) is 5.10 Å². The maximum Gasteiger partial charge on any atom is 0.316 e. The van der Waals surface area contributed by atoms with Crippen LogP contribution in [0, 0.1) is 5.92 Å². The van der Waals surface area contributed by atoms with Crippen molar-refractivity contribution in [1.29, 1.82) is 0 Å². The Bertz CT molecular complexity index is 712. The van der Waals surface area contributed by atoms with E-state index >= 15 is 0 Å². The topological polar surface area (TPSA) is 66.6 Å². The average molecular weight is 354 g/mol. The predicted octanol–water partition coefficient (Wildman–Crippen LogP) is 3.81. The van der Waals surface area contributed by atoms with Crippen LogP contribution < -0.4 is 4.74 Å². The second kappa shape index (κ2) is 8.74. The van der Waals surface area contributed by atoms with E-state index in [2.05, 4.69) is 15.2 Å². The molecule has 2 aliphatic rings. The molecular formula is C20H26N4O2. The van der Waals surface area contributed by atoms with Gasteiger partial charge < -0.3 is 9.64 Å². The maximum absolute atomic E-state index is 11.8. The van der Waals surface area contributed by atoms with Crippen molar-refractivity contribution in [3.8, 4) is 5.75 Å². The summed E-state index contributed by atoms with van der Waals surface area (Å²) in [6.07, 6.45) is 8.09. The van der Waals surface area contributed by atoms with Gasteiger partial charge in [0.2, 0.25) is 5.84 Å². The molecule has 0 radical (unpaired) electrons. The largest absolute Gasteiger partial charge is 0.493 e. The molecular weight excluding hydrogens is 328 g/mol. The number of aliphatic imine (C=N–C) groups is 1. The number of amidine groups is 1. The minimum absolute atomic E-state index is 0.254. The van der Waals surface area contributed by atoms with Crippen LogP contribution in [0.5, 0.6) is 5.75 Å². The zero-order chi connectivity index (χ0) is 18.4. The van der Waals surface area contributed by atoms with Gasteiger partial charge in [0.1, 0.15) is 12.1 Å². The lowest BCUT2D eigenvalue weighted by molar-refractivity contribution is -0.111. The summed E-state index contributed by atoms with van der Waals surface area (Å²) in [6, 6.07) is 7.99. The number of carbonyl (C=O) groups excluding carboxylic acids is 1. The molecule has 0 bridgehead atoms. The first-order chi connectivity index (χ1) is 12.6. The lowest BCUT2D eigenvalue weighted by Gasteiger charge is -2.21. The Morgan fingerprint density at radius 1 is 1.19 bits per heavy atom. The summed E-state index contributed by atoms with van der Waals surface area (Å²) in [5.74, 6) is 1.48. The smallest absolute Gasteiger partial charge is 0.316 e. The van der Waals surface area contributed by atoms with Crippen LogP contribution in [-0.4, -0.2) is 35.3 Å². The molecule has 6 nitrogen and oxygen atoms in total. The van der Waals surface area contributed by atoms with Gasteiger partial charge in [-0.05, 0) is 50.3 Å². The molecule has 0 unspecified atom stereocenters. The van der Waals surface area contributed by atoms with Gasteiger partial charge in [0.25, 0.3) is 0 Å². The first-order valence-electron chi connectivity index (χ1n) is 9.27. The molecule has 6 heteroatoms. The fourth-order valence-corrected chi connectivity index (χ4v) is 3.18. The van der Waals surface area contributed by atoms with E-state index in [9.17, 15) is 4.79 Å². The lowest BCUT2D eigenvalue weighted by atomic mass is 9.90. The van der Waals surface area contributed by atoms with Gasteiger partial charge in [-0.25, -0.2) is 0 Å². The zero-order valence-electron chi connectivity index (χ0n) is 15.5. The fraction of sp³-hybridized carbons (Fsp3) is 0.500. The minimum Gasteiger partial charge on any atom is -0.493 e. The summed E-state index contributed by atoms with van der Waals surface area (Å²) in [5, 5.41) is 7.99. The van der Waals surface area contributed by atoms with Crippen molar-refractivity contribution in [3.63, 3.8) is 0 Å². The number of hydrogen-bond donors (Lipinski definition) is 0. The van der Waals surface area contributed by atoms with Crippen molar-refractivity contribution >= 4 is 23.8 Å². The Kier molecular flexibility index (Phi) is 6.15. The van der Waals surface area contributed by atoms with E-state index in [-0.39, 0.29) is 11.7 Å². The van der Waals surface area contributed by atoms with Gasteiger partial charge >= 0.3 is 5.91 Å². The Morgan fingerprint density at radius 3 is 2.62 bits per heavy atom. The number of carbonyl (C=O) groups is 1. The monoisotopic (exact) mass is 354 g/mol. The molecule has 1 aliphatic heterocycles. The Hall–Kier alpha value is -2.50. The molecule has 0 saturated heterocycles. The molecule has 26 heavy (non-hydrogen) atoms. The summed E-state index contributed by atoms with van der Waals surface area (Å²) in [7, 11) is 0. The highest BCUT2D eigenvalue weighted by Crippen LogP contribution is 2.24. The van der Waals surface area contributed by atoms with Crippen LogP contribution in [0.2, 0.25) is 0 Å². The SMILES string of the molecule is CC(C)=NN=C1C(=O)N=CN1Cc1ccc(OCC2CCCCC2)cc1. The first kappa shape index (κ1) is 18.3. The van der Waals surface area contributed by atoms with Gasteiger partial charge in [-0.1, -0.05) is 31.4 Å². The molecule has 1 saturated carbocycles. The highest BCUT2D eigenvalue weighted by molar-refractivity contribution is 6.44. The normalized spacial score (nSPS) is 19.2. The van der Waals surface area contributed by atoms with Crippen molar-refractivity contribution in [2.45, 2.75) is 52.5 Å². The van der Waals surface area contributed by atoms with Crippen molar-refractivity contribution in [3.05, 3.63) is 29.8 Å². The Morgan fingerprint density at radius 2 is 1.92 bits per heavy atom. The van der Waals surface area contributed by atoms with Crippen molar-refractivity contribution in [2.75, 3.05) is 6.61 Å². The maximum atomic E-state index is 11.8. The average Bonchev–Trinajstić information content (AvgIpc) is 3.00.